The van der Waals surface area contributed by atoms with E-state index in [9.17, 15) is 8.42 Å². The highest BCUT2D eigenvalue weighted by atomic mass is 32.2. The largest absolute Gasteiger partial charge is 0.322 e. The maximum absolute atomic E-state index is 10.9. The molecule has 0 amide bonds. The Morgan fingerprint density at radius 2 is 1.85 bits per heavy atom. The standard InChI is InChI=1S/C7H17NO4S/c1-5-7(13(9,10)11)8(3,4)12-6-2/h7H,5-6H2,1-4H3/p+1. The van der Waals surface area contributed by atoms with E-state index >= 15 is 0 Å². The van der Waals surface area contributed by atoms with Crippen LogP contribution in [0.5, 0.6) is 0 Å². The smallest absolute Gasteiger partial charge is 0.281 e. The first-order valence-electron chi connectivity index (χ1n) is 4.20. The highest BCUT2D eigenvalue weighted by Gasteiger charge is 2.38. The van der Waals surface area contributed by atoms with Crippen LogP contribution in [0.4, 0.5) is 0 Å². The second kappa shape index (κ2) is 4.36. The molecule has 0 aliphatic heterocycles. The van der Waals surface area contributed by atoms with Crippen LogP contribution in [0, 0.1) is 0 Å². The first-order valence-corrected chi connectivity index (χ1v) is 5.70. The molecule has 0 aromatic carbocycles. The Morgan fingerprint density at radius 3 is 2.08 bits per heavy atom. The fourth-order valence-corrected chi connectivity index (χ4v) is 2.51. The average Bonchev–Trinajstić information content (AvgIpc) is 1.83. The molecule has 1 unspecified atom stereocenters. The summed E-state index contributed by atoms with van der Waals surface area (Å²) in [7, 11) is -0.842. The van der Waals surface area contributed by atoms with Gasteiger partial charge < -0.3 is 0 Å². The first-order chi connectivity index (χ1) is 5.75. The van der Waals surface area contributed by atoms with Crippen molar-refractivity contribution in [3.05, 3.63) is 0 Å². The van der Waals surface area contributed by atoms with Crippen molar-refractivity contribution in [2.75, 3.05) is 20.7 Å². The van der Waals surface area contributed by atoms with Crippen LogP contribution in [0.1, 0.15) is 20.3 Å². The Labute approximate surface area is 79.6 Å². The molecule has 5 nitrogen and oxygen atoms in total. The Bertz CT molecular complexity index is 247. The third-order valence-corrected chi connectivity index (χ3v) is 3.38. The predicted octanol–water partition coefficient (Wildman–Crippen LogP) is 0.638. The van der Waals surface area contributed by atoms with Gasteiger partial charge in [0, 0.05) is 6.42 Å². The number of hydrogen-bond donors (Lipinski definition) is 1. The lowest BCUT2D eigenvalue weighted by Crippen LogP contribution is -2.52. The van der Waals surface area contributed by atoms with Crippen molar-refractivity contribution in [1.82, 2.24) is 0 Å². The minimum atomic E-state index is -4.05. The summed E-state index contributed by atoms with van der Waals surface area (Å²) < 4.78 is 30.6. The lowest BCUT2D eigenvalue weighted by Gasteiger charge is -2.31. The van der Waals surface area contributed by atoms with E-state index in [4.69, 9.17) is 9.39 Å². The zero-order valence-corrected chi connectivity index (χ0v) is 9.34. The van der Waals surface area contributed by atoms with Crippen molar-refractivity contribution in [1.29, 1.82) is 0 Å². The first kappa shape index (κ1) is 12.8. The van der Waals surface area contributed by atoms with Gasteiger partial charge in [0.25, 0.3) is 0 Å². The Kier molecular flexibility index (Phi) is 4.31. The summed E-state index contributed by atoms with van der Waals surface area (Å²) in [6.07, 6.45) is 0.311. The zero-order valence-electron chi connectivity index (χ0n) is 8.52. The molecule has 0 saturated heterocycles. The Balaban J connectivity index is 4.77. The molecule has 0 fully saturated rings. The molecule has 1 atom stereocenters. The van der Waals surface area contributed by atoms with Gasteiger partial charge in [0.15, 0.2) is 0 Å². The van der Waals surface area contributed by atoms with Gasteiger partial charge in [-0.25, -0.2) is 4.84 Å². The Morgan fingerprint density at radius 1 is 1.38 bits per heavy atom. The number of nitrogens with zero attached hydrogens (tertiary/aromatic N) is 1. The normalized spacial score (nSPS) is 15.8. The second-order valence-corrected chi connectivity index (χ2v) is 4.80. The highest BCUT2D eigenvalue weighted by Crippen LogP contribution is 2.16. The van der Waals surface area contributed by atoms with E-state index in [0.29, 0.717) is 13.0 Å². The van der Waals surface area contributed by atoms with Crippen molar-refractivity contribution in [3.8, 4) is 0 Å². The van der Waals surface area contributed by atoms with Crippen molar-refractivity contribution in [2.45, 2.75) is 25.6 Å². The molecule has 13 heavy (non-hydrogen) atoms. The van der Waals surface area contributed by atoms with Gasteiger partial charge >= 0.3 is 10.1 Å². The van der Waals surface area contributed by atoms with E-state index < -0.39 is 15.5 Å². The van der Waals surface area contributed by atoms with Crippen LogP contribution in [0.15, 0.2) is 0 Å². The van der Waals surface area contributed by atoms with Gasteiger partial charge in [-0.05, 0) is 6.92 Å². The molecule has 0 radical (unpaired) electrons. The molecular formula is C7H18NO4S+. The fraction of sp³-hybridized carbons (Fsp3) is 1.00. The number of hydrogen-bond acceptors (Lipinski definition) is 3. The lowest BCUT2D eigenvalue weighted by molar-refractivity contribution is -1.08. The monoisotopic (exact) mass is 212 g/mol. The molecule has 6 heteroatoms. The van der Waals surface area contributed by atoms with E-state index in [1.165, 1.54) is 0 Å². The quantitative estimate of drug-likeness (QED) is 0.412. The molecular weight excluding hydrogens is 194 g/mol. The van der Waals surface area contributed by atoms with Gasteiger partial charge in [0.05, 0.1) is 14.1 Å². The third kappa shape index (κ3) is 3.60. The second-order valence-electron chi connectivity index (χ2n) is 3.23. The molecule has 0 aromatic heterocycles. The van der Waals surface area contributed by atoms with Crippen molar-refractivity contribution < 1.29 is 22.5 Å². The van der Waals surface area contributed by atoms with Crippen molar-refractivity contribution in [3.63, 3.8) is 0 Å². The average molecular weight is 212 g/mol. The van der Waals surface area contributed by atoms with Crippen LogP contribution in [0.25, 0.3) is 0 Å². The van der Waals surface area contributed by atoms with E-state index in [2.05, 4.69) is 0 Å². The van der Waals surface area contributed by atoms with Crippen LogP contribution in [-0.4, -0.2) is 43.7 Å². The van der Waals surface area contributed by atoms with E-state index in [0.717, 1.165) is 0 Å². The molecule has 1 N–H and O–H groups in total. The number of quaternary nitrogens is 1. The SMILES string of the molecule is CCO[N+](C)(C)C(CC)S(=O)(=O)O. The van der Waals surface area contributed by atoms with Crippen LogP contribution in [0.2, 0.25) is 0 Å². The van der Waals surface area contributed by atoms with Gasteiger partial charge in [-0.1, -0.05) is 6.92 Å². The van der Waals surface area contributed by atoms with Gasteiger partial charge in [-0.2, -0.15) is 13.1 Å². The summed E-state index contributed by atoms with van der Waals surface area (Å²) >= 11 is 0. The Hall–Kier alpha value is -0.170. The van der Waals surface area contributed by atoms with Gasteiger partial charge in [0.2, 0.25) is 5.37 Å². The lowest BCUT2D eigenvalue weighted by atomic mass is 10.4. The predicted molar refractivity (Wildman–Crippen MR) is 49.4 cm³/mol. The molecule has 0 bridgehead atoms. The molecule has 0 rings (SSSR count). The molecule has 0 aliphatic rings. The summed E-state index contributed by atoms with van der Waals surface area (Å²) in [5.41, 5.74) is 0. The van der Waals surface area contributed by atoms with Gasteiger partial charge in [-0.3, -0.25) is 4.55 Å². The summed E-state index contributed by atoms with van der Waals surface area (Å²) in [5.74, 6) is 0. The molecule has 80 valence electrons. The minimum Gasteiger partial charge on any atom is -0.281 e. The maximum atomic E-state index is 10.9. The van der Waals surface area contributed by atoms with Crippen molar-refractivity contribution in [2.24, 2.45) is 0 Å². The molecule has 0 saturated carbocycles. The van der Waals surface area contributed by atoms with Crippen molar-refractivity contribution >= 4 is 10.1 Å². The molecule has 0 aliphatic carbocycles. The van der Waals surface area contributed by atoms with Crippen LogP contribution >= 0.6 is 0 Å². The summed E-state index contributed by atoms with van der Waals surface area (Å²) in [6.45, 7) is 3.87. The van der Waals surface area contributed by atoms with Crippen LogP contribution in [-0.2, 0) is 15.0 Å². The van der Waals surface area contributed by atoms with Gasteiger partial charge in [0.1, 0.15) is 6.61 Å². The van der Waals surface area contributed by atoms with Gasteiger partial charge in [-0.15, -0.1) is 0 Å². The minimum absolute atomic E-state index is 0.175. The molecule has 0 spiro atoms. The third-order valence-electron chi connectivity index (χ3n) is 1.85. The maximum Gasteiger partial charge on any atom is 0.322 e. The summed E-state index contributed by atoms with van der Waals surface area (Å²) in [6, 6.07) is 0. The number of hydroxylamine groups is 3. The number of rotatable bonds is 5. The van der Waals surface area contributed by atoms with Crippen LogP contribution in [0.3, 0.4) is 0 Å². The van der Waals surface area contributed by atoms with E-state index in [1.54, 1.807) is 27.9 Å². The summed E-state index contributed by atoms with van der Waals surface area (Å²) in [5, 5.41) is -0.924. The highest BCUT2D eigenvalue weighted by molar-refractivity contribution is 7.86. The van der Waals surface area contributed by atoms with E-state index in [1.807, 2.05) is 0 Å². The fourth-order valence-electron chi connectivity index (χ4n) is 1.39. The molecule has 0 aromatic rings. The molecule has 0 heterocycles. The summed E-state index contributed by atoms with van der Waals surface area (Å²) in [4.78, 5) is 5.21. The van der Waals surface area contributed by atoms with Crippen LogP contribution < -0.4 is 0 Å². The topological polar surface area (TPSA) is 63.6 Å². The zero-order chi connectivity index (χ0) is 10.7. The van der Waals surface area contributed by atoms with E-state index in [-0.39, 0.29) is 4.65 Å².